The van der Waals surface area contributed by atoms with Crippen LogP contribution in [0.4, 0.5) is 0 Å². The van der Waals surface area contributed by atoms with Crippen LogP contribution in [-0.4, -0.2) is 33.8 Å². The van der Waals surface area contributed by atoms with E-state index in [1.807, 2.05) is 31.4 Å². The quantitative estimate of drug-likeness (QED) is 0.837. The van der Waals surface area contributed by atoms with Gasteiger partial charge in [-0.3, -0.25) is 9.58 Å². The largest absolute Gasteiger partial charge is 0.308 e. The monoisotopic (exact) mass is 386 g/mol. The van der Waals surface area contributed by atoms with Crippen molar-refractivity contribution in [2.24, 2.45) is 7.05 Å². The fourth-order valence-electron chi connectivity index (χ4n) is 3.06. The molecule has 0 unspecified atom stereocenters. The minimum Gasteiger partial charge on any atom is -0.308 e. The Morgan fingerprint density at radius 3 is 2.50 bits per heavy atom. The Bertz CT molecular complexity index is 693. The Morgan fingerprint density at radius 2 is 1.88 bits per heavy atom. The Labute approximate surface area is 157 Å². The van der Waals surface area contributed by atoms with E-state index in [-0.39, 0.29) is 0 Å². The second kappa shape index (κ2) is 8.07. The molecule has 0 spiro atoms. The van der Waals surface area contributed by atoms with Crippen molar-refractivity contribution in [3.8, 4) is 0 Å². The van der Waals surface area contributed by atoms with E-state index >= 15 is 0 Å². The number of hydrogen-bond acceptors (Lipinski definition) is 3. The molecule has 2 aromatic rings. The molecule has 0 radical (unpaired) electrons. The second-order valence-electron chi connectivity index (χ2n) is 6.28. The van der Waals surface area contributed by atoms with Crippen molar-refractivity contribution in [2.45, 2.75) is 32.0 Å². The summed E-state index contributed by atoms with van der Waals surface area (Å²) in [4.78, 5) is 2.45. The molecule has 7 heteroatoms. The van der Waals surface area contributed by atoms with E-state index in [1.54, 1.807) is 4.68 Å². The molecule has 1 aliphatic heterocycles. The van der Waals surface area contributed by atoms with Crippen molar-refractivity contribution in [3.63, 3.8) is 0 Å². The number of halogens is 3. The highest BCUT2D eigenvalue weighted by molar-refractivity contribution is 6.42. The van der Waals surface area contributed by atoms with Crippen LogP contribution >= 0.6 is 34.8 Å². The van der Waals surface area contributed by atoms with Gasteiger partial charge >= 0.3 is 0 Å². The van der Waals surface area contributed by atoms with Crippen LogP contribution in [0.5, 0.6) is 0 Å². The van der Waals surface area contributed by atoms with Crippen LogP contribution < -0.4 is 5.32 Å². The highest BCUT2D eigenvalue weighted by Crippen LogP contribution is 2.24. The third-order valence-electron chi connectivity index (χ3n) is 4.39. The summed E-state index contributed by atoms with van der Waals surface area (Å²) in [6.45, 7) is 3.76. The summed E-state index contributed by atoms with van der Waals surface area (Å²) in [6, 6.07) is 6.37. The average molecular weight is 388 g/mol. The summed E-state index contributed by atoms with van der Waals surface area (Å²) in [7, 11) is 1.89. The summed E-state index contributed by atoms with van der Waals surface area (Å²) in [5, 5.41) is 9.89. The van der Waals surface area contributed by atoms with Crippen LogP contribution in [-0.2, 0) is 20.1 Å². The fourth-order valence-corrected chi connectivity index (χ4v) is 3.62. The lowest BCUT2D eigenvalue weighted by molar-refractivity contribution is 0.190. The lowest BCUT2D eigenvalue weighted by atomic mass is 10.0. The summed E-state index contributed by atoms with van der Waals surface area (Å²) < 4.78 is 1.75. The van der Waals surface area contributed by atoms with Crippen molar-refractivity contribution >= 4 is 34.8 Å². The van der Waals surface area contributed by atoms with Crippen LogP contribution in [0.1, 0.15) is 24.1 Å². The van der Waals surface area contributed by atoms with E-state index in [4.69, 9.17) is 34.8 Å². The molecule has 3 rings (SSSR count). The molecule has 1 aliphatic rings. The number of rotatable bonds is 5. The number of nitrogens with zero attached hydrogens (tertiary/aromatic N) is 3. The van der Waals surface area contributed by atoms with Gasteiger partial charge in [-0.15, -0.1) is 0 Å². The molecule has 0 amide bonds. The molecule has 1 aromatic heterocycles. The molecule has 0 atom stereocenters. The first-order valence-electron chi connectivity index (χ1n) is 8.09. The molecular weight excluding hydrogens is 367 g/mol. The predicted molar refractivity (Wildman–Crippen MR) is 99.8 cm³/mol. The summed E-state index contributed by atoms with van der Waals surface area (Å²) in [5.41, 5.74) is 2.12. The SMILES string of the molecule is Cn1cc(Cl)c(CNC2CCN(Cc3ccc(Cl)c(Cl)c3)CC2)n1. The smallest absolute Gasteiger partial charge is 0.0948 e. The molecular formula is C17H21Cl3N4. The van der Waals surface area contributed by atoms with Crippen LogP contribution in [0, 0.1) is 0 Å². The molecule has 0 saturated carbocycles. The van der Waals surface area contributed by atoms with Gasteiger partial charge in [-0.25, -0.2) is 0 Å². The van der Waals surface area contributed by atoms with E-state index in [9.17, 15) is 0 Å². The van der Waals surface area contributed by atoms with Crippen LogP contribution in [0.3, 0.4) is 0 Å². The van der Waals surface area contributed by atoms with Crippen molar-refractivity contribution in [1.82, 2.24) is 20.0 Å². The standard InChI is InChI=1S/C17H21Cl3N4/c1-23-11-16(20)17(22-23)9-21-13-4-6-24(7-5-13)10-12-2-3-14(18)15(19)8-12/h2-3,8,11,13,21H,4-7,9-10H2,1H3. The van der Waals surface area contributed by atoms with E-state index in [1.165, 1.54) is 5.56 Å². The van der Waals surface area contributed by atoms with Gasteiger partial charge in [-0.2, -0.15) is 5.10 Å². The molecule has 4 nitrogen and oxygen atoms in total. The van der Waals surface area contributed by atoms with Crippen molar-refractivity contribution in [3.05, 3.63) is 50.7 Å². The molecule has 1 fully saturated rings. The summed E-state index contributed by atoms with van der Waals surface area (Å²) in [5.74, 6) is 0. The molecule has 1 aromatic carbocycles. The van der Waals surface area contributed by atoms with Crippen molar-refractivity contribution < 1.29 is 0 Å². The number of piperidine rings is 1. The van der Waals surface area contributed by atoms with Crippen LogP contribution in [0.15, 0.2) is 24.4 Å². The zero-order valence-electron chi connectivity index (χ0n) is 13.6. The van der Waals surface area contributed by atoms with Gasteiger partial charge in [0.15, 0.2) is 0 Å². The highest BCUT2D eigenvalue weighted by atomic mass is 35.5. The number of aromatic nitrogens is 2. The Kier molecular flexibility index (Phi) is 6.06. The number of aryl methyl sites for hydroxylation is 1. The van der Waals surface area contributed by atoms with Crippen LogP contribution in [0.25, 0.3) is 0 Å². The van der Waals surface area contributed by atoms with Gasteiger partial charge in [-0.05, 0) is 43.6 Å². The average Bonchev–Trinajstić information content (AvgIpc) is 2.88. The first-order chi connectivity index (χ1) is 11.5. The molecule has 0 aliphatic carbocycles. The first kappa shape index (κ1) is 18.0. The Hall–Kier alpha value is -0.780. The van der Waals surface area contributed by atoms with Gasteiger partial charge in [0.2, 0.25) is 0 Å². The highest BCUT2D eigenvalue weighted by Gasteiger charge is 2.19. The maximum atomic E-state index is 6.15. The number of benzene rings is 1. The van der Waals surface area contributed by atoms with Gasteiger partial charge in [0.05, 0.1) is 20.8 Å². The number of nitrogens with one attached hydrogen (secondary N) is 1. The third kappa shape index (κ3) is 4.64. The van der Waals surface area contributed by atoms with Crippen molar-refractivity contribution in [2.75, 3.05) is 13.1 Å². The van der Waals surface area contributed by atoms with E-state index in [0.717, 1.165) is 49.7 Å². The van der Waals surface area contributed by atoms with Gasteiger partial charge < -0.3 is 5.32 Å². The zero-order chi connectivity index (χ0) is 17.1. The van der Waals surface area contributed by atoms with E-state index in [2.05, 4.69) is 15.3 Å². The molecule has 1 saturated heterocycles. The number of hydrogen-bond donors (Lipinski definition) is 1. The Morgan fingerprint density at radius 1 is 1.12 bits per heavy atom. The zero-order valence-corrected chi connectivity index (χ0v) is 15.9. The lowest BCUT2D eigenvalue weighted by Crippen LogP contribution is -2.41. The van der Waals surface area contributed by atoms with Gasteiger partial charge in [0.1, 0.15) is 0 Å². The minimum atomic E-state index is 0.508. The topological polar surface area (TPSA) is 33.1 Å². The normalized spacial score (nSPS) is 16.7. The van der Waals surface area contributed by atoms with Crippen molar-refractivity contribution in [1.29, 1.82) is 0 Å². The fraction of sp³-hybridized carbons (Fsp3) is 0.471. The predicted octanol–water partition coefficient (Wildman–Crippen LogP) is 4.13. The summed E-state index contributed by atoms with van der Waals surface area (Å²) in [6.07, 6.45) is 4.07. The van der Waals surface area contributed by atoms with E-state index < -0.39 is 0 Å². The maximum absolute atomic E-state index is 6.15. The third-order valence-corrected chi connectivity index (χ3v) is 5.45. The van der Waals surface area contributed by atoms with Gasteiger partial charge in [0.25, 0.3) is 0 Å². The van der Waals surface area contributed by atoms with Crippen LogP contribution in [0.2, 0.25) is 15.1 Å². The first-order valence-corrected chi connectivity index (χ1v) is 9.22. The minimum absolute atomic E-state index is 0.508. The number of likely N-dealkylation sites (tertiary alicyclic amines) is 1. The second-order valence-corrected chi connectivity index (χ2v) is 7.50. The molecule has 0 bridgehead atoms. The molecule has 130 valence electrons. The summed E-state index contributed by atoms with van der Waals surface area (Å²) >= 11 is 18.2. The lowest BCUT2D eigenvalue weighted by Gasteiger charge is -2.32. The molecule has 1 N–H and O–H groups in total. The Balaban J connectivity index is 1.45. The molecule has 2 heterocycles. The van der Waals surface area contributed by atoms with E-state index in [0.29, 0.717) is 16.1 Å². The van der Waals surface area contributed by atoms with Gasteiger partial charge in [-0.1, -0.05) is 40.9 Å². The maximum Gasteiger partial charge on any atom is 0.0948 e. The van der Waals surface area contributed by atoms with Gasteiger partial charge in [0, 0.05) is 32.4 Å². The molecule has 24 heavy (non-hydrogen) atoms.